The summed E-state index contributed by atoms with van der Waals surface area (Å²) >= 11 is 0. The summed E-state index contributed by atoms with van der Waals surface area (Å²) < 4.78 is 2.06. The molecule has 0 aliphatic rings. The topological polar surface area (TPSA) is 17.3 Å². The maximum atomic E-state index is 4.07. The zero-order chi connectivity index (χ0) is 9.47. The first-order valence-electron chi connectivity index (χ1n) is 4.49. The van der Waals surface area contributed by atoms with E-state index in [2.05, 4.69) is 42.4 Å². The Balaban J connectivity index is 2.63. The molecule has 2 rings (SSSR count). The number of hydrogen-bond acceptors (Lipinski definition) is 1. The zero-order valence-electron chi connectivity index (χ0n) is 8.28. The quantitative estimate of drug-likeness (QED) is 0.600. The first-order valence-corrected chi connectivity index (χ1v) is 4.49. The van der Waals surface area contributed by atoms with E-state index < -0.39 is 0 Å². The molecule has 0 saturated heterocycles. The highest BCUT2D eigenvalue weighted by atomic mass is 14.9. The van der Waals surface area contributed by atoms with Gasteiger partial charge in [-0.2, -0.15) is 0 Å². The molecule has 0 bridgehead atoms. The van der Waals surface area contributed by atoms with Gasteiger partial charge in [-0.05, 0) is 23.1 Å². The van der Waals surface area contributed by atoms with Crippen molar-refractivity contribution in [2.75, 3.05) is 0 Å². The van der Waals surface area contributed by atoms with Gasteiger partial charge in [0.2, 0.25) is 0 Å². The second-order valence-corrected chi connectivity index (χ2v) is 4.39. The summed E-state index contributed by atoms with van der Waals surface area (Å²) in [6.45, 7) is 6.65. The molecule has 0 aliphatic carbocycles. The van der Waals surface area contributed by atoms with Crippen molar-refractivity contribution in [1.29, 1.82) is 0 Å². The van der Waals surface area contributed by atoms with E-state index in [-0.39, 0.29) is 5.41 Å². The van der Waals surface area contributed by atoms with Crippen LogP contribution >= 0.6 is 0 Å². The average Bonchev–Trinajstić information content (AvgIpc) is 2.45. The molecule has 0 atom stereocenters. The largest absolute Gasteiger partial charge is 0.308 e. The first kappa shape index (κ1) is 8.30. The van der Waals surface area contributed by atoms with Crippen molar-refractivity contribution in [2.24, 2.45) is 0 Å². The van der Waals surface area contributed by atoms with Crippen LogP contribution in [0.2, 0.25) is 0 Å². The van der Waals surface area contributed by atoms with Crippen molar-refractivity contribution in [3.63, 3.8) is 0 Å². The number of rotatable bonds is 0. The number of fused-ring (bicyclic) bond motifs is 1. The van der Waals surface area contributed by atoms with E-state index >= 15 is 0 Å². The van der Waals surface area contributed by atoms with E-state index in [1.165, 1.54) is 11.1 Å². The standard InChI is InChI=1S/C11H14N2/c1-11(2,3)9-6-10-4-5-12-8-13(10)7-9/h4-8H,1-3H3. The minimum Gasteiger partial charge on any atom is -0.308 e. The summed E-state index contributed by atoms with van der Waals surface area (Å²) in [7, 11) is 0. The fourth-order valence-corrected chi connectivity index (χ4v) is 1.37. The van der Waals surface area contributed by atoms with Gasteiger partial charge in [-0.25, -0.2) is 4.98 Å². The van der Waals surface area contributed by atoms with Crippen LogP contribution in [0.25, 0.3) is 5.52 Å². The summed E-state index contributed by atoms with van der Waals surface area (Å²) in [4.78, 5) is 4.07. The molecule has 2 heterocycles. The van der Waals surface area contributed by atoms with Gasteiger partial charge in [0, 0.05) is 17.9 Å². The summed E-state index contributed by atoms with van der Waals surface area (Å²) in [5.74, 6) is 0. The van der Waals surface area contributed by atoms with Gasteiger partial charge in [-0.3, -0.25) is 0 Å². The van der Waals surface area contributed by atoms with E-state index in [4.69, 9.17) is 0 Å². The molecule has 68 valence electrons. The summed E-state index contributed by atoms with van der Waals surface area (Å²) in [6, 6.07) is 4.23. The average molecular weight is 174 g/mol. The van der Waals surface area contributed by atoms with Crippen molar-refractivity contribution in [2.45, 2.75) is 26.2 Å². The molecular weight excluding hydrogens is 160 g/mol. The first-order chi connectivity index (χ1) is 6.07. The van der Waals surface area contributed by atoms with Crippen LogP contribution in [0.5, 0.6) is 0 Å². The van der Waals surface area contributed by atoms with Crippen LogP contribution in [0.1, 0.15) is 26.3 Å². The van der Waals surface area contributed by atoms with Crippen LogP contribution in [0, 0.1) is 0 Å². The second kappa shape index (κ2) is 2.59. The van der Waals surface area contributed by atoms with Gasteiger partial charge in [0.1, 0.15) is 0 Å². The van der Waals surface area contributed by atoms with Crippen molar-refractivity contribution in [3.05, 3.63) is 36.4 Å². The molecule has 0 N–H and O–H groups in total. The summed E-state index contributed by atoms with van der Waals surface area (Å²) in [5.41, 5.74) is 2.77. The minimum atomic E-state index is 0.214. The lowest BCUT2D eigenvalue weighted by molar-refractivity contribution is 0.590. The Bertz CT molecular complexity index is 388. The lowest BCUT2D eigenvalue weighted by Crippen LogP contribution is -2.09. The second-order valence-electron chi connectivity index (χ2n) is 4.39. The molecule has 0 aliphatic heterocycles. The molecule has 0 aromatic carbocycles. The van der Waals surface area contributed by atoms with Crippen molar-refractivity contribution in [1.82, 2.24) is 9.38 Å². The highest BCUT2D eigenvalue weighted by Gasteiger charge is 2.15. The Morgan fingerprint density at radius 1 is 1.31 bits per heavy atom. The van der Waals surface area contributed by atoms with E-state index in [1.54, 1.807) is 0 Å². The van der Waals surface area contributed by atoms with Crippen molar-refractivity contribution < 1.29 is 0 Å². The molecule has 0 spiro atoms. The SMILES string of the molecule is CC(C)(C)c1cc2ccncn2c1. The van der Waals surface area contributed by atoms with E-state index in [0.717, 1.165) is 0 Å². The minimum absolute atomic E-state index is 0.214. The third kappa shape index (κ3) is 1.44. The van der Waals surface area contributed by atoms with Crippen LogP contribution in [0.4, 0.5) is 0 Å². The zero-order valence-corrected chi connectivity index (χ0v) is 8.28. The highest BCUT2D eigenvalue weighted by Crippen LogP contribution is 2.23. The molecule has 2 aromatic rings. The Morgan fingerprint density at radius 2 is 2.08 bits per heavy atom. The molecule has 13 heavy (non-hydrogen) atoms. The molecule has 2 aromatic heterocycles. The molecule has 2 nitrogen and oxygen atoms in total. The monoisotopic (exact) mass is 174 g/mol. The summed E-state index contributed by atoms with van der Waals surface area (Å²) in [6.07, 6.45) is 5.80. The lowest BCUT2D eigenvalue weighted by atomic mass is 9.89. The van der Waals surface area contributed by atoms with E-state index in [9.17, 15) is 0 Å². The van der Waals surface area contributed by atoms with Crippen molar-refractivity contribution in [3.8, 4) is 0 Å². The Labute approximate surface area is 78.2 Å². The van der Waals surface area contributed by atoms with Gasteiger partial charge in [-0.15, -0.1) is 0 Å². The molecule has 0 fully saturated rings. The highest BCUT2D eigenvalue weighted by molar-refractivity contribution is 5.50. The lowest BCUT2D eigenvalue weighted by Gasteiger charge is -2.15. The van der Waals surface area contributed by atoms with Crippen LogP contribution in [-0.4, -0.2) is 9.38 Å². The van der Waals surface area contributed by atoms with Gasteiger partial charge >= 0.3 is 0 Å². The third-order valence-electron chi connectivity index (χ3n) is 2.27. The molecule has 0 saturated carbocycles. The molecule has 0 amide bonds. The predicted octanol–water partition coefficient (Wildman–Crippen LogP) is 2.63. The van der Waals surface area contributed by atoms with Crippen LogP contribution < -0.4 is 0 Å². The van der Waals surface area contributed by atoms with Gasteiger partial charge in [0.25, 0.3) is 0 Å². The summed E-state index contributed by atoms with van der Waals surface area (Å²) in [5, 5.41) is 0. The van der Waals surface area contributed by atoms with Crippen LogP contribution in [0.3, 0.4) is 0 Å². The van der Waals surface area contributed by atoms with Crippen LogP contribution in [-0.2, 0) is 5.41 Å². The number of hydrogen-bond donors (Lipinski definition) is 0. The fourth-order valence-electron chi connectivity index (χ4n) is 1.37. The molecular formula is C11H14N2. The number of aromatic nitrogens is 2. The molecule has 0 radical (unpaired) electrons. The Kier molecular flexibility index (Phi) is 1.65. The Morgan fingerprint density at radius 3 is 2.69 bits per heavy atom. The smallest absolute Gasteiger partial charge is 0.0990 e. The van der Waals surface area contributed by atoms with E-state index in [0.29, 0.717) is 0 Å². The molecule has 2 heteroatoms. The Hall–Kier alpha value is -1.31. The normalized spacial score (nSPS) is 12.2. The maximum Gasteiger partial charge on any atom is 0.0990 e. The van der Waals surface area contributed by atoms with Gasteiger partial charge in [0.15, 0.2) is 0 Å². The van der Waals surface area contributed by atoms with Gasteiger partial charge < -0.3 is 4.40 Å². The van der Waals surface area contributed by atoms with Crippen molar-refractivity contribution >= 4 is 5.52 Å². The third-order valence-corrected chi connectivity index (χ3v) is 2.27. The van der Waals surface area contributed by atoms with E-state index in [1.807, 2.05) is 18.6 Å². The fraction of sp³-hybridized carbons (Fsp3) is 0.364. The number of nitrogens with zero attached hydrogens (tertiary/aromatic N) is 2. The van der Waals surface area contributed by atoms with Crippen LogP contribution in [0.15, 0.2) is 30.9 Å². The van der Waals surface area contributed by atoms with Gasteiger partial charge in [-0.1, -0.05) is 20.8 Å². The van der Waals surface area contributed by atoms with Gasteiger partial charge in [0.05, 0.1) is 6.33 Å². The predicted molar refractivity (Wildman–Crippen MR) is 53.9 cm³/mol. The maximum absolute atomic E-state index is 4.07. The molecule has 0 unspecified atom stereocenters.